The molecule has 0 saturated heterocycles. The minimum absolute atomic E-state index is 0.546. The van der Waals surface area contributed by atoms with Crippen molar-refractivity contribution in [2.75, 3.05) is 0 Å². The number of thioether (sulfide) groups is 1. The zero-order valence-corrected chi connectivity index (χ0v) is 16.5. The normalized spacial score (nSPS) is 10.4. The summed E-state index contributed by atoms with van der Waals surface area (Å²) in [6.45, 7) is 6.14. The van der Waals surface area contributed by atoms with E-state index in [0.29, 0.717) is 22.4 Å². The van der Waals surface area contributed by atoms with Gasteiger partial charge in [-0.2, -0.15) is 10.2 Å². The average molecular weight is 375 g/mol. The van der Waals surface area contributed by atoms with Gasteiger partial charge in [0.05, 0.1) is 11.6 Å². The molecule has 0 saturated carbocycles. The van der Waals surface area contributed by atoms with Crippen LogP contribution in [0.1, 0.15) is 34.9 Å². The van der Waals surface area contributed by atoms with E-state index in [-0.39, 0.29) is 0 Å². The van der Waals surface area contributed by atoms with Gasteiger partial charge in [-0.1, -0.05) is 54.6 Å². The Bertz CT molecular complexity index is 995. The molecule has 27 heavy (non-hydrogen) atoms. The third kappa shape index (κ3) is 4.87. The maximum Gasteiger partial charge on any atom is 0.223 e. The fourth-order valence-corrected chi connectivity index (χ4v) is 3.54. The van der Waals surface area contributed by atoms with Crippen LogP contribution in [0.25, 0.3) is 0 Å². The predicted octanol–water partition coefficient (Wildman–Crippen LogP) is 5.61. The van der Waals surface area contributed by atoms with E-state index in [4.69, 9.17) is 4.74 Å². The van der Waals surface area contributed by atoms with Crippen molar-refractivity contribution in [3.05, 3.63) is 76.5 Å². The number of rotatable bonds is 6. The first kappa shape index (κ1) is 18.9. The Morgan fingerprint density at radius 1 is 1.07 bits per heavy atom. The van der Waals surface area contributed by atoms with E-state index in [1.165, 1.54) is 17.3 Å². The van der Waals surface area contributed by atoms with Crippen LogP contribution in [0.2, 0.25) is 0 Å². The van der Waals surface area contributed by atoms with Crippen LogP contribution in [-0.4, -0.2) is 9.97 Å². The Morgan fingerprint density at radius 2 is 1.89 bits per heavy atom. The summed E-state index contributed by atoms with van der Waals surface area (Å²) in [5.41, 5.74) is 4.87. The number of hydrogen-bond donors (Lipinski definition) is 0. The number of aryl methyl sites for hydroxylation is 3. The van der Waals surface area contributed by atoms with Gasteiger partial charge in [0.15, 0.2) is 5.16 Å². The molecule has 0 amide bonds. The first-order valence-electron chi connectivity index (χ1n) is 8.83. The number of benzene rings is 2. The van der Waals surface area contributed by atoms with Gasteiger partial charge < -0.3 is 4.74 Å². The molecule has 0 N–H and O–H groups in total. The Balaban J connectivity index is 1.82. The van der Waals surface area contributed by atoms with Gasteiger partial charge in [-0.25, -0.2) is 4.98 Å². The molecule has 0 bridgehead atoms. The number of aromatic nitrogens is 2. The maximum atomic E-state index is 9.24. The lowest BCUT2D eigenvalue weighted by Gasteiger charge is -2.11. The standard InChI is InChI=1S/C22H21N3OS/c1-4-19-12-21(26-20-10-9-15(2)11-16(20)3)25-22(24-19)27-14-18-8-6-5-7-17(18)13-23/h5-12H,4,14H2,1-3H3. The molecule has 5 heteroatoms. The second-order valence-electron chi connectivity index (χ2n) is 6.26. The molecule has 3 aromatic rings. The van der Waals surface area contributed by atoms with Crippen molar-refractivity contribution in [2.24, 2.45) is 0 Å². The van der Waals surface area contributed by atoms with Gasteiger partial charge in [0, 0.05) is 17.5 Å². The van der Waals surface area contributed by atoms with E-state index in [1.54, 1.807) is 0 Å². The molecule has 0 aliphatic heterocycles. The average Bonchev–Trinajstić information content (AvgIpc) is 2.68. The molecule has 0 radical (unpaired) electrons. The molecular weight excluding hydrogens is 354 g/mol. The SMILES string of the molecule is CCc1cc(Oc2ccc(C)cc2C)nc(SCc2ccccc2C#N)n1. The predicted molar refractivity (Wildman–Crippen MR) is 108 cm³/mol. The Kier molecular flexibility index (Phi) is 6.10. The fraction of sp³-hybridized carbons (Fsp3) is 0.227. The van der Waals surface area contributed by atoms with Crippen LogP contribution in [0.4, 0.5) is 0 Å². The minimum atomic E-state index is 0.546. The molecule has 136 valence electrons. The zero-order valence-electron chi connectivity index (χ0n) is 15.7. The van der Waals surface area contributed by atoms with E-state index < -0.39 is 0 Å². The first-order chi connectivity index (χ1) is 13.1. The summed E-state index contributed by atoms with van der Waals surface area (Å²) in [6, 6.07) is 17.8. The number of nitriles is 1. The summed E-state index contributed by atoms with van der Waals surface area (Å²) in [5.74, 6) is 1.98. The number of hydrogen-bond acceptors (Lipinski definition) is 5. The summed E-state index contributed by atoms with van der Waals surface area (Å²) >= 11 is 1.51. The number of nitrogens with zero attached hydrogens (tertiary/aromatic N) is 3. The quantitative estimate of drug-likeness (QED) is 0.414. The lowest BCUT2D eigenvalue weighted by atomic mass is 10.1. The fourth-order valence-electron chi connectivity index (χ4n) is 2.67. The smallest absolute Gasteiger partial charge is 0.223 e. The summed E-state index contributed by atoms with van der Waals surface area (Å²) in [7, 11) is 0. The number of ether oxygens (including phenoxy) is 1. The zero-order chi connectivity index (χ0) is 19.2. The van der Waals surface area contributed by atoms with Gasteiger partial charge >= 0.3 is 0 Å². The van der Waals surface area contributed by atoms with Crippen molar-refractivity contribution in [3.63, 3.8) is 0 Å². The van der Waals surface area contributed by atoms with Gasteiger partial charge in [0.25, 0.3) is 0 Å². The lowest BCUT2D eigenvalue weighted by Crippen LogP contribution is -1.98. The molecule has 1 aromatic heterocycles. The van der Waals surface area contributed by atoms with Crippen LogP contribution < -0.4 is 4.74 Å². The summed E-state index contributed by atoms with van der Waals surface area (Å²) < 4.78 is 6.03. The van der Waals surface area contributed by atoms with E-state index in [0.717, 1.165) is 29.0 Å². The maximum absolute atomic E-state index is 9.24. The highest BCUT2D eigenvalue weighted by molar-refractivity contribution is 7.98. The van der Waals surface area contributed by atoms with Crippen molar-refractivity contribution in [3.8, 4) is 17.7 Å². The van der Waals surface area contributed by atoms with Crippen LogP contribution >= 0.6 is 11.8 Å². The topological polar surface area (TPSA) is 58.8 Å². The second-order valence-corrected chi connectivity index (χ2v) is 7.20. The first-order valence-corrected chi connectivity index (χ1v) is 9.81. The van der Waals surface area contributed by atoms with Crippen LogP contribution in [0.5, 0.6) is 11.6 Å². The molecule has 0 fully saturated rings. The molecule has 0 aliphatic carbocycles. The van der Waals surface area contributed by atoms with E-state index in [9.17, 15) is 5.26 Å². The monoisotopic (exact) mass is 375 g/mol. The summed E-state index contributed by atoms with van der Waals surface area (Å²) in [4.78, 5) is 9.15. The van der Waals surface area contributed by atoms with Gasteiger partial charge in [-0.05, 0) is 43.5 Å². The molecular formula is C22H21N3OS. The van der Waals surface area contributed by atoms with E-state index in [2.05, 4.69) is 36.0 Å². The van der Waals surface area contributed by atoms with Crippen molar-refractivity contribution < 1.29 is 4.74 Å². The molecule has 1 heterocycles. The highest BCUT2D eigenvalue weighted by Gasteiger charge is 2.10. The largest absolute Gasteiger partial charge is 0.439 e. The van der Waals surface area contributed by atoms with Gasteiger partial charge in [0.1, 0.15) is 5.75 Å². The Hall–Kier alpha value is -2.84. The Morgan fingerprint density at radius 3 is 2.63 bits per heavy atom. The minimum Gasteiger partial charge on any atom is -0.439 e. The van der Waals surface area contributed by atoms with Gasteiger partial charge in [-0.15, -0.1) is 0 Å². The highest BCUT2D eigenvalue weighted by atomic mass is 32.2. The van der Waals surface area contributed by atoms with Gasteiger partial charge in [-0.3, -0.25) is 0 Å². The van der Waals surface area contributed by atoms with E-state index in [1.807, 2.05) is 49.4 Å². The molecule has 0 unspecified atom stereocenters. The highest BCUT2D eigenvalue weighted by Crippen LogP contribution is 2.28. The summed E-state index contributed by atoms with van der Waals surface area (Å²) in [5, 5.41) is 9.90. The third-order valence-electron chi connectivity index (χ3n) is 4.14. The molecule has 3 rings (SSSR count). The van der Waals surface area contributed by atoms with Crippen molar-refractivity contribution in [1.29, 1.82) is 5.26 Å². The van der Waals surface area contributed by atoms with Crippen LogP contribution in [0.15, 0.2) is 53.7 Å². The molecule has 0 aliphatic rings. The van der Waals surface area contributed by atoms with Crippen LogP contribution in [-0.2, 0) is 12.2 Å². The molecule has 4 nitrogen and oxygen atoms in total. The van der Waals surface area contributed by atoms with Crippen molar-refractivity contribution >= 4 is 11.8 Å². The third-order valence-corrected chi connectivity index (χ3v) is 5.03. The van der Waals surface area contributed by atoms with Gasteiger partial charge in [0.2, 0.25) is 5.88 Å². The molecule has 0 atom stereocenters. The molecule has 0 spiro atoms. The van der Waals surface area contributed by atoms with Crippen molar-refractivity contribution in [1.82, 2.24) is 9.97 Å². The lowest BCUT2D eigenvalue weighted by molar-refractivity contribution is 0.450. The Labute approximate surface area is 164 Å². The second kappa shape index (κ2) is 8.70. The summed E-state index contributed by atoms with van der Waals surface area (Å²) in [6.07, 6.45) is 0.800. The van der Waals surface area contributed by atoms with Crippen molar-refractivity contribution in [2.45, 2.75) is 38.1 Å². The van der Waals surface area contributed by atoms with Crippen LogP contribution in [0, 0.1) is 25.2 Å². The molecule has 2 aromatic carbocycles. The van der Waals surface area contributed by atoms with Crippen LogP contribution in [0.3, 0.4) is 0 Å². The van der Waals surface area contributed by atoms with E-state index >= 15 is 0 Å².